The molecule has 0 spiro atoms. The van der Waals surface area contributed by atoms with Gasteiger partial charge < -0.3 is 5.11 Å². The van der Waals surface area contributed by atoms with Crippen molar-refractivity contribution in [1.82, 2.24) is 4.90 Å². The topological polar surface area (TPSA) is 40.5 Å². The second-order valence-electron chi connectivity index (χ2n) is 6.37. The van der Waals surface area contributed by atoms with Crippen molar-refractivity contribution in [3.05, 3.63) is 35.4 Å². The van der Waals surface area contributed by atoms with Crippen LogP contribution in [0.15, 0.2) is 24.3 Å². The summed E-state index contributed by atoms with van der Waals surface area (Å²) in [5.41, 5.74) is -1.17. The highest BCUT2D eigenvalue weighted by Gasteiger charge is 2.54. The molecular formula is C16H18F3NO2. The Hall–Kier alpha value is -1.56. The minimum absolute atomic E-state index is 0.0584. The number of carbonyl (C=O) groups is 1. The van der Waals surface area contributed by atoms with E-state index in [1.807, 2.05) is 4.90 Å². The van der Waals surface area contributed by atoms with Crippen molar-refractivity contribution >= 4 is 5.97 Å². The maximum Gasteiger partial charge on any atom is 0.416 e. The molecule has 120 valence electrons. The van der Waals surface area contributed by atoms with Gasteiger partial charge in [-0.05, 0) is 30.4 Å². The van der Waals surface area contributed by atoms with Crippen LogP contribution in [0.1, 0.15) is 30.4 Å². The molecule has 1 N–H and O–H groups in total. The first-order chi connectivity index (χ1) is 10.3. The molecule has 22 heavy (non-hydrogen) atoms. The van der Waals surface area contributed by atoms with Crippen molar-refractivity contribution in [2.45, 2.75) is 32.0 Å². The van der Waals surface area contributed by atoms with Gasteiger partial charge in [0.15, 0.2) is 0 Å². The molecule has 2 fully saturated rings. The van der Waals surface area contributed by atoms with E-state index in [0.717, 1.165) is 18.9 Å². The highest BCUT2D eigenvalue weighted by molar-refractivity contribution is 5.76. The summed E-state index contributed by atoms with van der Waals surface area (Å²) in [6, 6.07) is 5.53. The van der Waals surface area contributed by atoms with E-state index in [-0.39, 0.29) is 18.0 Å². The maximum atomic E-state index is 13.0. The number of rotatable bonds is 3. The van der Waals surface area contributed by atoms with Gasteiger partial charge in [0, 0.05) is 19.6 Å². The zero-order valence-corrected chi connectivity index (χ0v) is 12.1. The second-order valence-corrected chi connectivity index (χ2v) is 6.37. The second kappa shape index (κ2) is 5.26. The number of hydrogen-bond donors (Lipinski definition) is 1. The number of likely N-dealkylation sites (tertiary alicyclic amines) is 1. The Kier molecular flexibility index (Phi) is 3.67. The largest absolute Gasteiger partial charge is 0.481 e. The summed E-state index contributed by atoms with van der Waals surface area (Å²) >= 11 is 0. The first kappa shape index (κ1) is 15.3. The van der Waals surface area contributed by atoms with Gasteiger partial charge in [-0.15, -0.1) is 0 Å². The van der Waals surface area contributed by atoms with Crippen LogP contribution in [-0.4, -0.2) is 29.1 Å². The Morgan fingerprint density at radius 2 is 2.09 bits per heavy atom. The lowest BCUT2D eigenvalue weighted by Crippen LogP contribution is -2.35. The molecule has 1 aliphatic carbocycles. The number of carboxylic acid groups (broad SMARTS) is 1. The fourth-order valence-electron chi connectivity index (χ4n) is 4.04. The zero-order valence-electron chi connectivity index (χ0n) is 12.1. The Bertz CT molecular complexity index is 587. The normalized spacial score (nSPS) is 28.8. The molecule has 2 atom stereocenters. The van der Waals surface area contributed by atoms with Crippen LogP contribution < -0.4 is 0 Å². The van der Waals surface area contributed by atoms with Gasteiger partial charge >= 0.3 is 12.1 Å². The summed E-state index contributed by atoms with van der Waals surface area (Å²) in [5, 5.41) is 9.54. The van der Waals surface area contributed by atoms with E-state index in [1.54, 1.807) is 6.07 Å². The number of halogens is 3. The van der Waals surface area contributed by atoms with Gasteiger partial charge in [0.2, 0.25) is 0 Å². The van der Waals surface area contributed by atoms with Crippen molar-refractivity contribution in [3.8, 4) is 0 Å². The van der Waals surface area contributed by atoms with Crippen molar-refractivity contribution in [1.29, 1.82) is 0 Å². The van der Waals surface area contributed by atoms with E-state index < -0.39 is 23.1 Å². The van der Waals surface area contributed by atoms with Crippen molar-refractivity contribution < 1.29 is 23.1 Å². The molecule has 1 saturated carbocycles. The van der Waals surface area contributed by atoms with Gasteiger partial charge in [0.25, 0.3) is 0 Å². The molecule has 0 bridgehead atoms. The van der Waals surface area contributed by atoms with Gasteiger partial charge in [-0.3, -0.25) is 9.69 Å². The maximum absolute atomic E-state index is 13.0. The van der Waals surface area contributed by atoms with E-state index in [1.165, 1.54) is 12.1 Å². The zero-order chi connectivity index (χ0) is 16.0. The van der Waals surface area contributed by atoms with Crippen molar-refractivity contribution in [2.75, 3.05) is 13.1 Å². The molecule has 1 aliphatic heterocycles. The Morgan fingerprint density at radius 3 is 2.73 bits per heavy atom. The number of benzene rings is 1. The number of carboxylic acids is 1. The van der Waals surface area contributed by atoms with Gasteiger partial charge in [-0.25, -0.2) is 0 Å². The van der Waals surface area contributed by atoms with Gasteiger partial charge in [0.05, 0.1) is 11.0 Å². The molecule has 1 aromatic carbocycles. The minimum Gasteiger partial charge on any atom is -0.481 e. The summed E-state index contributed by atoms with van der Waals surface area (Å²) in [6.07, 6.45) is -2.01. The van der Waals surface area contributed by atoms with Crippen LogP contribution in [0.2, 0.25) is 0 Å². The molecular weight excluding hydrogens is 295 g/mol. The van der Waals surface area contributed by atoms with Crippen molar-refractivity contribution in [3.63, 3.8) is 0 Å². The van der Waals surface area contributed by atoms with Gasteiger partial charge in [-0.1, -0.05) is 24.6 Å². The van der Waals surface area contributed by atoms with Crippen LogP contribution in [0.5, 0.6) is 0 Å². The molecule has 1 heterocycles. The van der Waals surface area contributed by atoms with Crippen LogP contribution in [0.3, 0.4) is 0 Å². The molecule has 0 radical (unpaired) electrons. The van der Waals surface area contributed by atoms with E-state index in [9.17, 15) is 23.1 Å². The minimum atomic E-state index is -4.38. The van der Waals surface area contributed by atoms with Crippen LogP contribution in [0, 0.1) is 11.3 Å². The SMILES string of the molecule is O=C(O)[C@@]12CCC[C@H]1CN(Cc1ccccc1C(F)(F)F)C2. The van der Waals surface area contributed by atoms with Crippen LogP contribution >= 0.6 is 0 Å². The molecule has 1 aromatic rings. The smallest absolute Gasteiger partial charge is 0.416 e. The average Bonchev–Trinajstić information content (AvgIpc) is 2.95. The van der Waals surface area contributed by atoms with Crippen molar-refractivity contribution in [2.24, 2.45) is 11.3 Å². The Labute approximate surface area is 126 Å². The monoisotopic (exact) mass is 313 g/mol. The summed E-state index contributed by atoms with van der Waals surface area (Å²) < 4.78 is 39.1. The molecule has 2 aliphatic rings. The summed E-state index contributed by atoms with van der Waals surface area (Å²) in [7, 11) is 0. The summed E-state index contributed by atoms with van der Waals surface area (Å²) in [4.78, 5) is 13.5. The lowest BCUT2D eigenvalue weighted by molar-refractivity contribution is -0.149. The number of fused-ring (bicyclic) bond motifs is 1. The van der Waals surface area contributed by atoms with E-state index in [0.29, 0.717) is 19.5 Å². The molecule has 6 heteroatoms. The Morgan fingerprint density at radius 1 is 1.36 bits per heavy atom. The highest BCUT2D eigenvalue weighted by Crippen LogP contribution is 2.49. The van der Waals surface area contributed by atoms with Crippen LogP contribution in [0.25, 0.3) is 0 Å². The lowest BCUT2D eigenvalue weighted by Gasteiger charge is -2.24. The summed E-state index contributed by atoms with van der Waals surface area (Å²) in [5.74, 6) is -0.746. The van der Waals surface area contributed by atoms with E-state index in [2.05, 4.69) is 0 Å². The standard InChI is InChI=1S/C16H18F3NO2/c17-16(18,19)13-6-2-1-4-11(13)8-20-9-12-5-3-7-15(12,10-20)14(21)22/h1-2,4,6,12H,3,5,7-10H2,(H,21,22)/t12-,15+/m0/s1. The third-order valence-electron chi connectivity index (χ3n) is 5.08. The molecule has 3 rings (SSSR count). The fourth-order valence-corrected chi connectivity index (χ4v) is 4.04. The number of nitrogens with zero attached hydrogens (tertiary/aromatic N) is 1. The highest BCUT2D eigenvalue weighted by atomic mass is 19.4. The van der Waals surface area contributed by atoms with E-state index in [4.69, 9.17) is 0 Å². The molecule has 0 unspecified atom stereocenters. The van der Waals surface area contributed by atoms with Crippen LogP contribution in [-0.2, 0) is 17.5 Å². The van der Waals surface area contributed by atoms with Gasteiger partial charge in [-0.2, -0.15) is 13.2 Å². The Balaban J connectivity index is 1.81. The first-order valence-corrected chi connectivity index (χ1v) is 7.44. The number of hydrogen-bond acceptors (Lipinski definition) is 2. The number of aliphatic carboxylic acids is 1. The lowest BCUT2D eigenvalue weighted by atomic mass is 9.81. The third kappa shape index (κ3) is 2.49. The molecule has 1 saturated heterocycles. The third-order valence-corrected chi connectivity index (χ3v) is 5.08. The van der Waals surface area contributed by atoms with E-state index >= 15 is 0 Å². The quantitative estimate of drug-likeness (QED) is 0.930. The summed E-state index contributed by atoms with van der Waals surface area (Å²) in [6.45, 7) is 1.07. The number of alkyl halides is 3. The molecule has 0 aromatic heterocycles. The fraction of sp³-hybridized carbons (Fsp3) is 0.562. The molecule has 0 amide bonds. The first-order valence-electron chi connectivity index (χ1n) is 7.44. The predicted octanol–water partition coefficient (Wildman–Crippen LogP) is 3.39. The average molecular weight is 313 g/mol. The molecule has 3 nitrogen and oxygen atoms in total. The predicted molar refractivity (Wildman–Crippen MR) is 74.1 cm³/mol. The van der Waals surface area contributed by atoms with Crippen LogP contribution in [0.4, 0.5) is 13.2 Å². The van der Waals surface area contributed by atoms with Gasteiger partial charge in [0.1, 0.15) is 0 Å².